The first-order chi connectivity index (χ1) is 14.2. The third-order valence-corrected chi connectivity index (χ3v) is 5.21. The van der Waals surface area contributed by atoms with Gasteiger partial charge in [0.2, 0.25) is 0 Å². The van der Waals surface area contributed by atoms with Crippen LogP contribution in [-0.4, -0.2) is 74.6 Å². The molecule has 0 aromatic heterocycles. The molecule has 2 aromatic rings. The standard InChI is InChI=1S/C23H32N2O4.2ClH/c1-27-22-9-8-20(14-23(22)28-2)17-29-18-21(26)16-25-12-10-24(11-13-25)15-19-6-4-3-5-7-19;;/h3-9,14,21,26H,10-13,15-18H2,1-2H3;2*1H. The van der Waals surface area contributed by atoms with E-state index in [9.17, 15) is 5.11 Å². The van der Waals surface area contributed by atoms with Crippen LogP contribution in [-0.2, 0) is 17.9 Å². The van der Waals surface area contributed by atoms with Crippen LogP contribution in [0.3, 0.4) is 0 Å². The van der Waals surface area contributed by atoms with E-state index in [1.54, 1.807) is 14.2 Å². The Balaban J connectivity index is 0.00000240. The Labute approximate surface area is 197 Å². The fraction of sp³-hybridized carbons (Fsp3) is 0.478. The number of methoxy groups -OCH3 is 2. The van der Waals surface area contributed by atoms with Crippen molar-refractivity contribution in [2.24, 2.45) is 0 Å². The van der Waals surface area contributed by atoms with E-state index in [-0.39, 0.29) is 24.8 Å². The van der Waals surface area contributed by atoms with Crippen LogP contribution in [0.1, 0.15) is 11.1 Å². The van der Waals surface area contributed by atoms with Crippen molar-refractivity contribution < 1.29 is 19.3 Å². The smallest absolute Gasteiger partial charge is 0.161 e. The molecule has 1 unspecified atom stereocenters. The fourth-order valence-electron chi connectivity index (χ4n) is 3.61. The summed E-state index contributed by atoms with van der Waals surface area (Å²) < 4.78 is 16.3. The molecule has 0 radical (unpaired) electrons. The lowest BCUT2D eigenvalue weighted by Gasteiger charge is -2.35. The van der Waals surface area contributed by atoms with Crippen molar-refractivity contribution in [1.29, 1.82) is 0 Å². The molecule has 0 aliphatic carbocycles. The number of benzene rings is 2. The molecule has 1 saturated heterocycles. The summed E-state index contributed by atoms with van der Waals surface area (Å²) in [5, 5.41) is 10.3. The largest absolute Gasteiger partial charge is 0.493 e. The second-order valence-corrected chi connectivity index (χ2v) is 7.42. The van der Waals surface area contributed by atoms with Crippen molar-refractivity contribution in [1.82, 2.24) is 9.80 Å². The van der Waals surface area contributed by atoms with Crippen LogP contribution in [0, 0.1) is 0 Å². The summed E-state index contributed by atoms with van der Waals surface area (Å²) in [4.78, 5) is 4.78. The maximum atomic E-state index is 10.3. The lowest BCUT2D eigenvalue weighted by Crippen LogP contribution is -2.48. The monoisotopic (exact) mass is 472 g/mol. The first kappa shape index (κ1) is 27.5. The quantitative estimate of drug-likeness (QED) is 0.572. The van der Waals surface area contributed by atoms with Crippen molar-refractivity contribution in [3.63, 3.8) is 0 Å². The van der Waals surface area contributed by atoms with Gasteiger partial charge in [0.15, 0.2) is 11.5 Å². The van der Waals surface area contributed by atoms with E-state index >= 15 is 0 Å². The third-order valence-electron chi connectivity index (χ3n) is 5.21. The van der Waals surface area contributed by atoms with E-state index in [2.05, 4.69) is 40.1 Å². The summed E-state index contributed by atoms with van der Waals surface area (Å²) in [7, 11) is 3.23. The topological polar surface area (TPSA) is 54.4 Å². The number of aliphatic hydroxyl groups excluding tert-OH is 1. The van der Waals surface area contributed by atoms with Crippen LogP contribution >= 0.6 is 24.8 Å². The van der Waals surface area contributed by atoms with Gasteiger partial charge in [-0.05, 0) is 23.3 Å². The fourth-order valence-corrected chi connectivity index (χ4v) is 3.61. The summed E-state index contributed by atoms with van der Waals surface area (Å²) in [6.07, 6.45) is -0.490. The van der Waals surface area contributed by atoms with Gasteiger partial charge in [0.05, 0.1) is 33.5 Å². The van der Waals surface area contributed by atoms with Crippen molar-refractivity contribution >= 4 is 24.8 Å². The van der Waals surface area contributed by atoms with Gasteiger partial charge in [0.25, 0.3) is 0 Å². The van der Waals surface area contributed by atoms with Gasteiger partial charge in [-0.1, -0.05) is 36.4 Å². The van der Waals surface area contributed by atoms with E-state index in [4.69, 9.17) is 14.2 Å². The van der Waals surface area contributed by atoms with Crippen molar-refractivity contribution in [3.05, 3.63) is 59.7 Å². The number of ether oxygens (including phenoxy) is 3. The number of β-amino-alcohol motifs (C(OH)–C–C–N with tert-alkyl or cyclic N) is 1. The van der Waals surface area contributed by atoms with Gasteiger partial charge >= 0.3 is 0 Å². The first-order valence-electron chi connectivity index (χ1n) is 10.1. The van der Waals surface area contributed by atoms with Crippen LogP contribution in [0.15, 0.2) is 48.5 Å². The summed E-state index contributed by atoms with van der Waals surface area (Å²) in [5.74, 6) is 1.38. The highest BCUT2D eigenvalue weighted by atomic mass is 35.5. The minimum atomic E-state index is -0.490. The number of rotatable bonds is 10. The number of aliphatic hydroxyl groups is 1. The Kier molecular flexibility index (Phi) is 12.9. The van der Waals surface area contributed by atoms with Crippen molar-refractivity contribution in [2.45, 2.75) is 19.3 Å². The van der Waals surface area contributed by atoms with Crippen LogP contribution < -0.4 is 9.47 Å². The molecule has 1 fully saturated rings. The van der Waals surface area contributed by atoms with Gasteiger partial charge < -0.3 is 19.3 Å². The Morgan fingerprint density at radius 2 is 1.48 bits per heavy atom. The maximum Gasteiger partial charge on any atom is 0.161 e. The predicted octanol–water partition coefficient (Wildman–Crippen LogP) is 3.24. The maximum absolute atomic E-state index is 10.3. The van der Waals surface area contributed by atoms with Gasteiger partial charge in [-0.3, -0.25) is 9.80 Å². The summed E-state index contributed by atoms with van der Waals surface area (Å²) in [5.41, 5.74) is 2.34. The van der Waals surface area contributed by atoms with E-state index in [1.165, 1.54) is 5.56 Å². The highest BCUT2D eigenvalue weighted by molar-refractivity contribution is 5.85. The number of hydrogen-bond donors (Lipinski definition) is 1. The lowest BCUT2D eigenvalue weighted by molar-refractivity contribution is 0.000840. The number of hydrogen-bond acceptors (Lipinski definition) is 6. The van der Waals surface area contributed by atoms with Crippen LogP contribution in [0.5, 0.6) is 11.5 Å². The zero-order valence-electron chi connectivity index (χ0n) is 18.2. The molecule has 0 amide bonds. The molecule has 1 atom stereocenters. The van der Waals surface area contributed by atoms with Gasteiger partial charge in [0, 0.05) is 39.3 Å². The zero-order chi connectivity index (χ0) is 20.5. The summed E-state index contributed by atoms with van der Waals surface area (Å²) >= 11 is 0. The number of halogens is 2. The molecule has 0 saturated carbocycles. The molecule has 31 heavy (non-hydrogen) atoms. The van der Waals surface area contributed by atoms with Crippen molar-refractivity contribution in [2.75, 3.05) is 53.6 Å². The van der Waals surface area contributed by atoms with E-state index < -0.39 is 6.10 Å². The molecule has 1 N–H and O–H groups in total. The molecule has 2 aromatic carbocycles. The third kappa shape index (κ3) is 8.85. The number of nitrogens with zero attached hydrogens (tertiary/aromatic N) is 2. The average Bonchev–Trinajstić information content (AvgIpc) is 2.75. The molecule has 1 aliphatic heterocycles. The lowest BCUT2D eigenvalue weighted by atomic mass is 10.2. The first-order valence-corrected chi connectivity index (χ1v) is 10.1. The minimum Gasteiger partial charge on any atom is -0.493 e. The molecule has 8 heteroatoms. The van der Waals surface area contributed by atoms with Gasteiger partial charge in [-0.25, -0.2) is 0 Å². The van der Waals surface area contributed by atoms with Gasteiger partial charge in [0.1, 0.15) is 0 Å². The van der Waals surface area contributed by atoms with Crippen LogP contribution in [0.2, 0.25) is 0 Å². The minimum absolute atomic E-state index is 0. The highest BCUT2D eigenvalue weighted by Gasteiger charge is 2.19. The molecule has 0 bridgehead atoms. The molecule has 1 aliphatic rings. The predicted molar refractivity (Wildman–Crippen MR) is 128 cm³/mol. The molecule has 1 heterocycles. The van der Waals surface area contributed by atoms with Crippen molar-refractivity contribution in [3.8, 4) is 11.5 Å². The Bertz CT molecular complexity index is 744. The highest BCUT2D eigenvalue weighted by Crippen LogP contribution is 2.27. The second kappa shape index (κ2) is 14.5. The molecule has 174 valence electrons. The average molecular weight is 473 g/mol. The van der Waals surface area contributed by atoms with E-state index in [0.717, 1.165) is 38.3 Å². The van der Waals surface area contributed by atoms with E-state index in [1.807, 2.05) is 18.2 Å². The number of piperazine rings is 1. The molecule has 3 rings (SSSR count). The normalized spacial score (nSPS) is 15.5. The van der Waals surface area contributed by atoms with Crippen LogP contribution in [0.25, 0.3) is 0 Å². The molecule has 6 nitrogen and oxygen atoms in total. The van der Waals surface area contributed by atoms with Crippen LogP contribution in [0.4, 0.5) is 0 Å². The molecular weight excluding hydrogens is 439 g/mol. The summed E-state index contributed by atoms with van der Waals surface area (Å²) in [6.45, 7) is 6.37. The second-order valence-electron chi connectivity index (χ2n) is 7.42. The molecule has 0 spiro atoms. The van der Waals surface area contributed by atoms with Gasteiger partial charge in [-0.2, -0.15) is 0 Å². The Morgan fingerprint density at radius 1 is 0.839 bits per heavy atom. The molecular formula is C23H34Cl2N2O4. The SMILES string of the molecule is COc1ccc(COCC(O)CN2CCN(Cc3ccccc3)CC2)cc1OC.Cl.Cl. The van der Waals surface area contributed by atoms with Gasteiger partial charge in [-0.15, -0.1) is 24.8 Å². The Morgan fingerprint density at radius 3 is 2.13 bits per heavy atom. The van der Waals surface area contributed by atoms with E-state index in [0.29, 0.717) is 31.3 Å². The zero-order valence-corrected chi connectivity index (χ0v) is 19.9. The summed E-state index contributed by atoms with van der Waals surface area (Å²) in [6, 6.07) is 16.3. The Hall–Kier alpha value is -1.54.